The summed E-state index contributed by atoms with van der Waals surface area (Å²) in [7, 11) is 0. The third kappa shape index (κ3) is 5.74. The summed E-state index contributed by atoms with van der Waals surface area (Å²) in [6.07, 6.45) is 2.73. The molecule has 0 aliphatic carbocycles. The first-order valence-corrected chi connectivity index (χ1v) is 5.77. The fraction of sp³-hybridized carbons (Fsp3) is 0.909. The molecule has 0 aromatic rings. The normalized spacial score (nSPS) is 17.7. The smallest absolute Gasteiger partial charge is 0.306 e. The standard InChI is InChI=1S/C11H21NO3/c1-2-14-7-8-15-11(13)9-10-3-5-12-6-4-10/h10,12H,2-9H2,1H3. The number of rotatable bonds is 6. The van der Waals surface area contributed by atoms with Crippen LogP contribution in [0, 0.1) is 5.92 Å². The first kappa shape index (κ1) is 12.5. The number of esters is 1. The maximum absolute atomic E-state index is 11.4. The third-order valence-corrected chi connectivity index (χ3v) is 2.61. The fourth-order valence-corrected chi connectivity index (χ4v) is 1.74. The van der Waals surface area contributed by atoms with Gasteiger partial charge < -0.3 is 14.8 Å². The zero-order valence-corrected chi connectivity index (χ0v) is 9.46. The van der Waals surface area contributed by atoms with E-state index in [0.29, 0.717) is 32.2 Å². The van der Waals surface area contributed by atoms with Crippen molar-refractivity contribution in [2.24, 2.45) is 5.92 Å². The van der Waals surface area contributed by atoms with Gasteiger partial charge in [0.25, 0.3) is 0 Å². The minimum Gasteiger partial charge on any atom is -0.463 e. The summed E-state index contributed by atoms with van der Waals surface area (Å²) in [6.45, 7) is 5.54. The fourth-order valence-electron chi connectivity index (χ4n) is 1.74. The van der Waals surface area contributed by atoms with E-state index in [1.54, 1.807) is 0 Å². The van der Waals surface area contributed by atoms with E-state index in [0.717, 1.165) is 25.9 Å². The lowest BCUT2D eigenvalue weighted by Crippen LogP contribution is -2.29. The maximum Gasteiger partial charge on any atom is 0.306 e. The predicted molar refractivity (Wildman–Crippen MR) is 57.7 cm³/mol. The second-order valence-electron chi connectivity index (χ2n) is 3.81. The molecule has 1 aliphatic heterocycles. The number of piperidine rings is 1. The Morgan fingerprint density at radius 2 is 2.07 bits per heavy atom. The van der Waals surface area contributed by atoms with Crippen molar-refractivity contribution in [2.75, 3.05) is 32.9 Å². The number of hydrogen-bond acceptors (Lipinski definition) is 4. The highest BCUT2D eigenvalue weighted by atomic mass is 16.6. The summed E-state index contributed by atoms with van der Waals surface area (Å²) in [5, 5.41) is 3.28. The summed E-state index contributed by atoms with van der Waals surface area (Å²) >= 11 is 0. The van der Waals surface area contributed by atoms with Gasteiger partial charge in [0.2, 0.25) is 0 Å². The highest BCUT2D eigenvalue weighted by molar-refractivity contribution is 5.69. The van der Waals surface area contributed by atoms with Gasteiger partial charge >= 0.3 is 5.97 Å². The number of nitrogens with one attached hydrogen (secondary N) is 1. The Hall–Kier alpha value is -0.610. The quantitative estimate of drug-likeness (QED) is 0.529. The van der Waals surface area contributed by atoms with E-state index in [-0.39, 0.29) is 5.97 Å². The van der Waals surface area contributed by atoms with Gasteiger partial charge in [-0.2, -0.15) is 0 Å². The molecule has 0 atom stereocenters. The molecule has 1 saturated heterocycles. The van der Waals surface area contributed by atoms with Crippen LogP contribution in [-0.4, -0.2) is 38.9 Å². The molecule has 0 radical (unpaired) electrons. The van der Waals surface area contributed by atoms with Crippen LogP contribution in [0.5, 0.6) is 0 Å². The molecule has 15 heavy (non-hydrogen) atoms. The van der Waals surface area contributed by atoms with Gasteiger partial charge in [0.1, 0.15) is 6.61 Å². The molecular weight excluding hydrogens is 194 g/mol. The van der Waals surface area contributed by atoms with Crippen LogP contribution >= 0.6 is 0 Å². The van der Waals surface area contributed by atoms with Crippen molar-refractivity contribution >= 4 is 5.97 Å². The van der Waals surface area contributed by atoms with Gasteiger partial charge in [0.05, 0.1) is 6.61 Å². The molecule has 0 spiro atoms. The number of hydrogen-bond donors (Lipinski definition) is 1. The summed E-state index contributed by atoms with van der Waals surface area (Å²) in [5.41, 5.74) is 0. The SMILES string of the molecule is CCOCCOC(=O)CC1CCNCC1. The third-order valence-electron chi connectivity index (χ3n) is 2.61. The van der Waals surface area contributed by atoms with E-state index in [9.17, 15) is 4.79 Å². The van der Waals surface area contributed by atoms with E-state index in [2.05, 4.69) is 5.32 Å². The molecule has 1 heterocycles. The molecule has 1 rings (SSSR count). The lowest BCUT2D eigenvalue weighted by atomic mass is 9.95. The molecule has 0 amide bonds. The van der Waals surface area contributed by atoms with Crippen LogP contribution in [0.4, 0.5) is 0 Å². The number of carbonyl (C=O) groups is 1. The molecule has 0 saturated carbocycles. The highest BCUT2D eigenvalue weighted by Crippen LogP contribution is 2.16. The second kappa shape index (κ2) is 7.65. The van der Waals surface area contributed by atoms with E-state index >= 15 is 0 Å². The average Bonchev–Trinajstić information content (AvgIpc) is 2.26. The number of ether oxygens (including phenoxy) is 2. The van der Waals surface area contributed by atoms with Gasteiger partial charge in [-0.15, -0.1) is 0 Å². The van der Waals surface area contributed by atoms with E-state index < -0.39 is 0 Å². The van der Waals surface area contributed by atoms with Gasteiger partial charge in [-0.05, 0) is 38.8 Å². The van der Waals surface area contributed by atoms with Crippen molar-refractivity contribution < 1.29 is 14.3 Å². The highest BCUT2D eigenvalue weighted by Gasteiger charge is 2.17. The monoisotopic (exact) mass is 215 g/mol. The lowest BCUT2D eigenvalue weighted by molar-refractivity contribution is -0.146. The second-order valence-corrected chi connectivity index (χ2v) is 3.81. The van der Waals surface area contributed by atoms with Crippen LogP contribution < -0.4 is 5.32 Å². The Bertz CT molecular complexity index is 179. The van der Waals surface area contributed by atoms with E-state index in [1.165, 1.54) is 0 Å². The van der Waals surface area contributed by atoms with Crippen molar-refractivity contribution in [2.45, 2.75) is 26.2 Å². The Morgan fingerprint density at radius 1 is 1.33 bits per heavy atom. The lowest BCUT2D eigenvalue weighted by Gasteiger charge is -2.21. The van der Waals surface area contributed by atoms with Crippen LogP contribution in [0.2, 0.25) is 0 Å². The summed E-state index contributed by atoms with van der Waals surface area (Å²) < 4.78 is 10.1. The molecule has 0 unspecified atom stereocenters. The number of carbonyl (C=O) groups excluding carboxylic acids is 1. The summed E-state index contributed by atoms with van der Waals surface area (Å²) in [6, 6.07) is 0. The van der Waals surface area contributed by atoms with Crippen molar-refractivity contribution in [1.29, 1.82) is 0 Å². The van der Waals surface area contributed by atoms with Crippen LogP contribution in [0.25, 0.3) is 0 Å². The van der Waals surface area contributed by atoms with Gasteiger partial charge in [0, 0.05) is 13.0 Å². The first-order chi connectivity index (χ1) is 7.33. The van der Waals surface area contributed by atoms with E-state index in [4.69, 9.17) is 9.47 Å². The first-order valence-electron chi connectivity index (χ1n) is 5.77. The minimum atomic E-state index is -0.0818. The van der Waals surface area contributed by atoms with Crippen molar-refractivity contribution in [3.63, 3.8) is 0 Å². The molecule has 0 bridgehead atoms. The Balaban J connectivity index is 2.01. The van der Waals surface area contributed by atoms with Gasteiger partial charge in [-0.1, -0.05) is 0 Å². The van der Waals surface area contributed by atoms with Gasteiger partial charge in [0.15, 0.2) is 0 Å². The Labute approximate surface area is 91.3 Å². The summed E-state index contributed by atoms with van der Waals surface area (Å²) in [4.78, 5) is 11.4. The minimum absolute atomic E-state index is 0.0818. The van der Waals surface area contributed by atoms with Crippen molar-refractivity contribution in [1.82, 2.24) is 5.32 Å². The summed E-state index contributed by atoms with van der Waals surface area (Å²) in [5.74, 6) is 0.424. The van der Waals surface area contributed by atoms with Crippen molar-refractivity contribution in [3.05, 3.63) is 0 Å². The zero-order valence-electron chi connectivity index (χ0n) is 9.46. The largest absolute Gasteiger partial charge is 0.463 e. The zero-order chi connectivity index (χ0) is 10.9. The Morgan fingerprint density at radius 3 is 2.73 bits per heavy atom. The van der Waals surface area contributed by atoms with Crippen LogP contribution in [0.15, 0.2) is 0 Å². The average molecular weight is 215 g/mol. The molecule has 1 aliphatic rings. The Kier molecular flexibility index (Phi) is 6.36. The van der Waals surface area contributed by atoms with Gasteiger partial charge in [-0.3, -0.25) is 4.79 Å². The maximum atomic E-state index is 11.4. The van der Waals surface area contributed by atoms with E-state index in [1.807, 2.05) is 6.92 Å². The van der Waals surface area contributed by atoms with Gasteiger partial charge in [-0.25, -0.2) is 0 Å². The van der Waals surface area contributed by atoms with Crippen molar-refractivity contribution in [3.8, 4) is 0 Å². The molecule has 88 valence electrons. The molecule has 1 N–H and O–H groups in total. The van der Waals surface area contributed by atoms with Crippen LogP contribution in [0.3, 0.4) is 0 Å². The molecule has 1 fully saturated rings. The van der Waals surface area contributed by atoms with Crippen LogP contribution in [-0.2, 0) is 14.3 Å². The molecular formula is C11H21NO3. The van der Waals surface area contributed by atoms with Crippen LogP contribution in [0.1, 0.15) is 26.2 Å². The predicted octanol–water partition coefficient (Wildman–Crippen LogP) is 0.956. The molecule has 4 nitrogen and oxygen atoms in total. The molecule has 0 aromatic heterocycles. The molecule has 0 aromatic carbocycles. The topological polar surface area (TPSA) is 47.6 Å². The molecule has 4 heteroatoms.